The molecule has 0 amide bonds. The van der Waals surface area contributed by atoms with E-state index in [1.807, 2.05) is 0 Å². The third-order valence-electron chi connectivity index (χ3n) is 2.38. The molecule has 1 fully saturated rings. The van der Waals surface area contributed by atoms with Gasteiger partial charge < -0.3 is 19.4 Å². The predicted octanol–water partition coefficient (Wildman–Crippen LogP) is 0.0470. The standard InChI is InChI=1S/C10H16O5/c1-2-14-10(13)9(12)8-4-3-7(15-8)5-6-11/h6-9,12H,2-5H2,1H3/t7-,8-,9+/m1/s1. The van der Waals surface area contributed by atoms with Crippen molar-refractivity contribution in [2.75, 3.05) is 6.61 Å². The molecule has 1 aliphatic heterocycles. The predicted molar refractivity (Wildman–Crippen MR) is 51.2 cm³/mol. The number of esters is 1. The van der Waals surface area contributed by atoms with Crippen LogP contribution in [0.2, 0.25) is 0 Å². The van der Waals surface area contributed by atoms with Gasteiger partial charge in [-0.15, -0.1) is 0 Å². The molecule has 86 valence electrons. The first kappa shape index (κ1) is 12.1. The molecule has 1 heterocycles. The van der Waals surface area contributed by atoms with E-state index >= 15 is 0 Å². The van der Waals surface area contributed by atoms with Gasteiger partial charge in [0, 0.05) is 6.42 Å². The van der Waals surface area contributed by atoms with Crippen molar-refractivity contribution in [1.29, 1.82) is 0 Å². The first-order chi connectivity index (χ1) is 7.19. The smallest absolute Gasteiger partial charge is 0.337 e. The summed E-state index contributed by atoms with van der Waals surface area (Å²) in [6.07, 6.45) is 0.431. The highest BCUT2D eigenvalue weighted by Crippen LogP contribution is 2.24. The molecular formula is C10H16O5. The molecule has 1 aliphatic rings. The maximum atomic E-state index is 11.2. The first-order valence-electron chi connectivity index (χ1n) is 5.12. The fraction of sp³-hybridized carbons (Fsp3) is 0.800. The van der Waals surface area contributed by atoms with Crippen LogP contribution < -0.4 is 0 Å². The molecule has 0 aromatic carbocycles. The van der Waals surface area contributed by atoms with Gasteiger partial charge in [-0.05, 0) is 19.8 Å². The molecule has 3 atom stereocenters. The lowest BCUT2D eigenvalue weighted by Crippen LogP contribution is -2.35. The lowest BCUT2D eigenvalue weighted by Gasteiger charge is -2.17. The van der Waals surface area contributed by atoms with Crippen molar-refractivity contribution < 1.29 is 24.2 Å². The quantitative estimate of drug-likeness (QED) is 0.519. The number of ether oxygens (including phenoxy) is 2. The third kappa shape index (κ3) is 3.28. The van der Waals surface area contributed by atoms with E-state index in [1.54, 1.807) is 6.92 Å². The van der Waals surface area contributed by atoms with E-state index in [-0.39, 0.29) is 12.7 Å². The Balaban J connectivity index is 2.38. The maximum Gasteiger partial charge on any atom is 0.337 e. The van der Waals surface area contributed by atoms with Crippen LogP contribution >= 0.6 is 0 Å². The first-order valence-corrected chi connectivity index (χ1v) is 5.12. The largest absolute Gasteiger partial charge is 0.464 e. The summed E-state index contributed by atoms with van der Waals surface area (Å²) in [5.41, 5.74) is 0. The molecular weight excluding hydrogens is 200 g/mol. The summed E-state index contributed by atoms with van der Waals surface area (Å²) in [7, 11) is 0. The molecule has 0 spiro atoms. The summed E-state index contributed by atoms with van der Waals surface area (Å²) < 4.78 is 10.0. The summed E-state index contributed by atoms with van der Waals surface area (Å²) in [4.78, 5) is 21.4. The van der Waals surface area contributed by atoms with Gasteiger partial charge in [-0.3, -0.25) is 0 Å². The van der Waals surface area contributed by atoms with Crippen molar-refractivity contribution in [2.24, 2.45) is 0 Å². The van der Waals surface area contributed by atoms with Gasteiger partial charge in [0.05, 0.1) is 18.8 Å². The van der Waals surface area contributed by atoms with Gasteiger partial charge in [0.15, 0.2) is 6.10 Å². The topological polar surface area (TPSA) is 72.8 Å². The Morgan fingerprint density at radius 2 is 2.40 bits per heavy atom. The van der Waals surface area contributed by atoms with E-state index in [1.165, 1.54) is 0 Å². The fourth-order valence-corrected chi connectivity index (χ4v) is 1.63. The molecule has 1 rings (SSSR count). The summed E-state index contributed by atoms with van der Waals surface area (Å²) in [5, 5.41) is 9.55. The molecule has 0 aromatic heterocycles. The molecule has 1 N–H and O–H groups in total. The maximum absolute atomic E-state index is 11.2. The Morgan fingerprint density at radius 3 is 3.00 bits per heavy atom. The Morgan fingerprint density at radius 1 is 1.67 bits per heavy atom. The lowest BCUT2D eigenvalue weighted by atomic mass is 10.1. The molecule has 0 unspecified atom stereocenters. The van der Waals surface area contributed by atoms with E-state index in [0.717, 1.165) is 6.29 Å². The van der Waals surface area contributed by atoms with Gasteiger partial charge >= 0.3 is 5.97 Å². The molecule has 5 heteroatoms. The highest BCUT2D eigenvalue weighted by molar-refractivity contribution is 5.75. The van der Waals surface area contributed by atoms with Crippen molar-refractivity contribution in [3.8, 4) is 0 Å². The zero-order valence-electron chi connectivity index (χ0n) is 8.72. The molecule has 0 radical (unpaired) electrons. The molecule has 0 bridgehead atoms. The molecule has 0 saturated carbocycles. The summed E-state index contributed by atoms with van der Waals surface area (Å²) >= 11 is 0. The highest BCUT2D eigenvalue weighted by atomic mass is 16.6. The molecule has 1 saturated heterocycles. The minimum Gasteiger partial charge on any atom is -0.464 e. The Labute approximate surface area is 88.4 Å². The van der Waals surface area contributed by atoms with Crippen LogP contribution in [0.1, 0.15) is 26.2 Å². The van der Waals surface area contributed by atoms with E-state index in [0.29, 0.717) is 19.3 Å². The van der Waals surface area contributed by atoms with Crippen LogP contribution in [-0.4, -0.2) is 42.3 Å². The van der Waals surface area contributed by atoms with Gasteiger partial charge in [0.1, 0.15) is 6.29 Å². The fourth-order valence-electron chi connectivity index (χ4n) is 1.63. The van der Waals surface area contributed by atoms with E-state index in [2.05, 4.69) is 4.74 Å². The van der Waals surface area contributed by atoms with Gasteiger partial charge in [-0.25, -0.2) is 4.79 Å². The molecule has 0 aliphatic carbocycles. The Kier molecular flexibility index (Phi) is 4.71. The number of hydrogen-bond acceptors (Lipinski definition) is 5. The normalized spacial score (nSPS) is 27.3. The average molecular weight is 216 g/mol. The second kappa shape index (κ2) is 5.82. The number of aldehydes is 1. The second-order valence-corrected chi connectivity index (χ2v) is 3.47. The molecule has 5 nitrogen and oxygen atoms in total. The lowest BCUT2D eigenvalue weighted by molar-refractivity contribution is -0.161. The number of aliphatic hydroxyl groups is 1. The monoisotopic (exact) mass is 216 g/mol. The molecule has 0 aromatic rings. The van der Waals surface area contributed by atoms with Gasteiger partial charge in [-0.2, -0.15) is 0 Å². The Hall–Kier alpha value is -0.940. The molecule has 15 heavy (non-hydrogen) atoms. The zero-order chi connectivity index (χ0) is 11.3. The van der Waals surface area contributed by atoms with Crippen LogP contribution in [0.4, 0.5) is 0 Å². The van der Waals surface area contributed by atoms with E-state index < -0.39 is 18.2 Å². The van der Waals surface area contributed by atoms with Gasteiger partial charge in [-0.1, -0.05) is 0 Å². The number of hydrogen-bond donors (Lipinski definition) is 1. The minimum atomic E-state index is -1.23. The second-order valence-electron chi connectivity index (χ2n) is 3.47. The van der Waals surface area contributed by atoms with E-state index in [4.69, 9.17) is 4.74 Å². The number of carbonyl (C=O) groups excluding carboxylic acids is 2. The minimum absolute atomic E-state index is 0.170. The Bertz CT molecular complexity index is 228. The zero-order valence-corrected chi connectivity index (χ0v) is 8.72. The van der Waals surface area contributed by atoms with Gasteiger partial charge in [0.25, 0.3) is 0 Å². The summed E-state index contributed by atoms with van der Waals surface area (Å²) in [5.74, 6) is -0.658. The van der Waals surface area contributed by atoms with Crippen molar-refractivity contribution in [3.63, 3.8) is 0 Å². The van der Waals surface area contributed by atoms with Crippen LogP contribution in [-0.2, 0) is 19.1 Å². The summed E-state index contributed by atoms with van der Waals surface area (Å²) in [6, 6.07) is 0. The summed E-state index contributed by atoms with van der Waals surface area (Å²) in [6.45, 7) is 1.91. The van der Waals surface area contributed by atoms with Crippen LogP contribution in [0.25, 0.3) is 0 Å². The van der Waals surface area contributed by atoms with Crippen molar-refractivity contribution in [3.05, 3.63) is 0 Å². The number of rotatable bonds is 5. The van der Waals surface area contributed by atoms with Crippen LogP contribution in [0.15, 0.2) is 0 Å². The van der Waals surface area contributed by atoms with Crippen molar-refractivity contribution in [2.45, 2.75) is 44.5 Å². The van der Waals surface area contributed by atoms with Crippen molar-refractivity contribution in [1.82, 2.24) is 0 Å². The SMILES string of the molecule is CCOC(=O)[C@@H](O)[C@H]1CC[C@H](CC=O)O1. The third-order valence-corrected chi connectivity index (χ3v) is 2.38. The van der Waals surface area contributed by atoms with Crippen LogP contribution in [0.5, 0.6) is 0 Å². The average Bonchev–Trinajstić information content (AvgIpc) is 2.66. The van der Waals surface area contributed by atoms with Crippen LogP contribution in [0.3, 0.4) is 0 Å². The van der Waals surface area contributed by atoms with Crippen LogP contribution in [0, 0.1) is 0 Å². The highest BCUT2D eigenvalue weighted by Gasteiger charge is 2.35. The number of aliphatic hydroxyl groups excluding tert-OH is 1. The van der Waals surface area contributed by atoms with Gasteiger partial charge in [0.2, 0.25) is 0 Å². The number of carbonyl (C=O) groups is 2. The van der Waals surface area contributed by atoms with E-state index in [9.17, 15) is 14.7 Å². The van der Waals surface area contributed by atoms with Crippen molar-refractivity contribution >= 4 is 12.3 Å².